The zero-order valence-electron chi connectivity index (χ0n) is 26.0. The second-order valence-electron chi connectivity index (χ2n) is 12.3. The fraction of sp³-hybridized carbons (Fsp3) is 0.656. The molecule has 2 atom stereocenters. The molecular weight excluding hydrogens is 589 g/mol. The van der Waals surface area contributed by atoms with Crippen LogP contribution in [0.3, 0.4) is 0 Å². The maximum absolute atomic E-state index is 13.9. The topological polar surface area (TPSA) is 99.9 Å². The lowest BCUT2D eigenvalue weighted by Crippen LogP contribution is -2.75. The Labute approximate surface area is 268 Å². The number of hydrogen-bond donors (Lipinski definition) is 2. The van der Waals surface area contributed by atoms with E-state index in [2.05, 4.69) is 24.1 Å². The zero-order valence-corrected chi connectivity index (χ0v) is 27.6. The van der Waals surface area contributed by atoms with Crippen LogP contribution >= 0.6 is 24.8 Å². The molecule has 2 N–H and O–H groups in total. The van der Waals surface area contributed by atoms with Crippen LogP contribution in [0, 0.1) is 19.8 Å². The van der Waals surface area contributed by atoms with Crippen molar-refractivity contribution in [2.75, 3.05) is 26.7 Å². The average molecular weight is 639 g/mol. The number of carbonyl (C=O) groups is 2. The van der Waals surface area contributed by atoms with E-state index >= 15 is 0 Å². The van der Waals surface area contributed by atoms with Crippen molar-refractivity contribution in [2.24, 2.45) is 5.92 Å². The lowest BCUT2D eigenvalue weighted by Gasteiger charge is -2.52. The molecule has 3 heterocycles. The van der Waals surface area contributed by atoms with Crippen molar-refractivity contribution in [1.82, 2.24) is 24.9 Å². The fourth-order valence-corrected chi connectivity index (χ4v) is 7.14. The van der Waals surface area contributed by atoms with Crippen LogP contribution in [0.5, 0.6) is 5.75 Å². The van der Waals surface area contributed by atoms with E-state index in [0.29, 0.717) is 32.5 Å². The van der Waals surface area contributed by atoms with E-state index in [1.54, 1.807) is 7.11 Å². The largest absolute Gasteiger partial charge is 0.497 e. The lowest BCUT2D eigenvalue weighted by atomic mass is 9.78. The number of nitrogens with zero attached hydrogens (tertiary/aromatic N) is 4. The summed E-state index contributed by atoms with van der Waals surface area (Å²) in [6.07, 6.45) is 7.32. The first-order valence-corrected chi connectivity index (χ1v) is 15.5. The van der Waals surface area contributed by atoms with E-state index in [0.717, 1.165) is 67.9 Å². The SMILES string of the molecule is CCCCN1C(=O)[C@@H]([C@H](O)C2CCCCC2)NC(=O)C12CCN(Cc1c(C)nn(-c3ccc(OC)cc3)c1C)CC2.Cl.Cl. The van der Waals surface area contributed by atoms with Gasteiger partial charge in [-0.05, 0) is 76.1 Å². The van der Waals surface area contributed by atoms with Crippen LogP contribution in [0.25, 0.3) is 5.69 Å². The van der Waals surface area contributed by atoms with Crippen molar-refractivity contribution < 1.29 is 19.4 Å². The number of unbranched alkanes of at least 4 members (excludes halogenated alkanes) is 1. The zero-order chi connectivity index (χ0) is 29.1. The third kappa shape index (κ3) is 7.00. The highest BCUT2D eigenvalue weighted by molar-refractivity contribution is 6.00. The van der Waals surface area contributed by atoms with E-state index < -0.39 is 17.7 Å². The molecule has 43 heavy (non-hydrogen) atoms. The molecule has 240 valence electrons. The molecule has 2 amide bonds. The van der Waals surface area contributed by atoms with Crippen molar-refractivity contribution in [1.29, 1.82) is 0 Å². The Balaban J connectivity index is 0.00000253. The summed E-state index contributed by atoms with van der Waals surface area (Å²) in [4.78, 5) is 31.9. The first-order valence-electron chi connectivity index (χ1n) is 15.5. The number of piperidine rings is 1. The molecule has 1 aliphatic carbocycles. The van der Waals surface area contributed by atoms with Crippen molar-refractivity contribution in [3.8, 4) is 11.4 Å². The van der Waals surface area contributed by atoms with E-state index in [-0.39, 0.29) is 42.5 Å². The summed E-state index contributed by atoms with van der Waals surface area (Å²) in [5.74, 6) is 0.697. The number of aromatic nitrogens is 2. The molecule has 1 aromatic carbocycles. The second kappa shape index (κ2) is 15.1. The molecule has 5 rings (SSSR count). The van der Waals surface area contributed by atoms with Gasteiger partial charge in [-0.2, -0.15) is 5.10 Å². The smallest absolute Gasteiger partial charge is 0.248 e. The Morgan fingerprint density at radius 3 is 2.33 bits per heavy atom. The summed E-state index contributed by atoms with van der Waals surface area (Å²) < 4.78 is 7.28. The van der Waals surface area contributed by atoms with Crippen LogP contribution < -0.4 is 10.1 Å². The van der Waals surface area contributed by atoms with E-state index in [1.807, 2.05) is 40.8 Å². The van der Waals surface area contributed by atoms with Crippen LogP contribution in [0.4, 0.5) is 0 Å². The molecule has 0 radical (unpaired) electrons. The molecule has 1 spiro atoms. The number of likely N-dealkylation sites (tertiary alicyclic amines) is 1. The number of carbonyl (C=O) groups excluding carboxylic acids is 2. The molecule has 1 aromatic heterocycles. The summed E-state index contributed by atoms with van der Waals surface area (Å²) in [7, 11) is 1.66. The van der Waals surface area contributed by atoms with Gasteiger partial charge in [0.25, 0.3) is 0 Å². The van der Waals surface area contributed by atoms with Gasteiger partial charge in [0, 0.05) is 37.4 Å². The number of piperazine rings is 1. The third-order valence-corrected chi connectivity index (χ3v) is 9.79. The Bertz CT molecular complexity index is 1220. The highest BCUT2D eigenvalue weighted by atomic mass is 35.5. The Morgan fingerprint density at radius 1 is 1.07 bits per heavy atom. The van der Waals surface area contributed by atoms with Crippen LogP contribution in [0.2, 0.25) is 0 Å². The number of halogens is 2. The van der Waals surface area contributed by atoms with Gasteiger partial charge in [-0.1, -0.05) is 32.6 Å². The summed E-state index contributed by atoms with van der Waals surface area (Å²) in [6.45, 7) is 8.99. The average Bonchev–Trinajstić information content (AvgIpc) is 3.28. The van der Waals surface area contributed by atoms with Gasteiger partial charge in [0.2, 0.25) is 11.8 Å². The molecule has 2 aromatic rings. The molecule has 11 heteroatoms. The molecule has 2 saturated heterocycles. The Kier molecular flexibility index (Phi) is 12.3. The Morgan fingerprint density at radius 2 is 1.72 bits per heavy atom. The van der Waals surface area contributed by atoms with Gasteiger partial charge in [-0.15, -0.1) is 24.8 Å². The first kappa shape index (κ1) is 35.2. The Hall–Kier alpha value is -2.33. The maximum atomic E-state index is 13.9. The number of aryl methyl sites for hydroxylation is 1. The quantitative estimate of drug-likeness (QED) is 0.412. The molecule has 3 fully saturated rings. The molecule has 1 saturated carbocycles. The molecule has 9 nitrogen and oxygen atoms in total. The lowest BCUT2D eigenvalue weighted by molar-refractivity contribution is -0.166. The number of benzene rings is 1. The summed E-state index contributed by atoms with van der Waals surface area (Å²) in [5.41, 5.74) is 3.43. The van der Waals surface area contributed by atoms with Gasteiger partial charge in [-0.25, -0.2) is 4.68 Å². The van der Waals surface area contributed by atoms with E-state index in [9.17, 15) is 14.7 Å². The third-order valence-electron chi connectivity index (χ3n) is 9.79. The van der Waals surface area contributed by atoms with Crippen LogP contribution in [-0.4, -0.2) is 80.9 Å². The van der Waals surface area contributed by atoms with Crippen LogP contribution in [0.1, 0.15) is 81.7 Å². The minimum atomic E-state index is -0.844. The van der Waals surface area contributed by atoms with Crippen molar-refractivity contribution in [3.63, 3.8) is 0 Å². The number of aliphatic hydroxyl groups excluding tert-OH is 1. The van der Waals surface area contributed by atoms with Gasteiger partial charge in [0.1, 0.15) is 17.3 Å². The monoisotopic (exact) mass is 637 g/mol. The minimum Gasteiger partial charge on any atom is -0.497 e. The van der Waals surface area contributed by atoms with Gasteiger partial charge in [0.15, 0.2) is 0 Å². The number of methoxy groups -OCH3 is 1. The highest BCUT2D eigenvalue weighted by Gasteiger charge is 2.55. The van der Waals surface area contributed by atoms with Crippen molar-refractivity contribution in [3.05, 3.63) is 41.2 Å². The van der Waals surface area contributed by atoms with E-state index in [1.165, 1.54) is 12.0 Å². The predicted octanol–water partition coefficient (Wildman–Crippen LogP) is 4.74. The molecule has 2 aliphatic heterocycles. The molecule has 0 bridgehead atoms. The fourth-order valence-electron chi connectivity index (χ4n) is 7.14. The number of nitrogens with one attached hydrogen (secondary N) is 1. The van der Waals surface area contributed by atoms with Crippen molar-refractivity contribution in [2.45, 2.75) is 103 Å². The number of hydrogen-bond acceptors (Lipinski definition) is 6. The molecular formula is C32H49Cl2N5O4. The van der Waals surface area contributed by atoms with Gasteiger partial charge in [0.05, 0.1) is 24.6 Å². The number of amides is 2. The van der Waals surface area contributed by atoms with Crippen LogP contribution in [0.15, 0.2) is 24.3 Å². The van der Waals surface area contributed by atoms with Gasteiger partial charge >= 0.3 is 0 Å². The summed E-state index contributed by atoms with van der Waals surface area (Å²) >= 11 is 0. The molecule has 0 unspecified atom stereocenters. The van der Waals surface area contributed by atoms with Crippen LogP contribution in [-0.2, 0) is 16.1 Å². The number of ether oxygens (including phenoxy) is 1. The second-order valence-corrected chi connectivity index (χ2v) is 12.3. The number of aliphatic hydroxyl groups is 1. The standard InChI is InChI=1S/C32H47N5O4.2ClH/c1-5-6-18-36-30(39)28(29(38)24-10-8-7-9-11-24)33-31(40)32(36)16-19-35(20-17-32)21-27-22(2)34-37(23(27)3)25-12-14-26(41-4)15-13-25;;/h12-15,24,28-29,38H,5-11,16-21H2,1-4H3,(H,33,40);2*1H/t28-,29-;;/m1../s1. The predicted molar refractivity (Wildman–Crippen MR) is 172 cm³/mol. The summed E-state index contributed by atoms with van der Waals surface area (Å²) in [5, 5.41) is 19.0. The number of rotatable bonds is 9. The summed E-state index contributed by atoms with van der Waals surface area (Å²) in [6, 6.07) is 7.06. The molecule has 3 aliphatic rings. The highest BCUT2D eigenvalue weighted by Crippen LogP contribution is 2.37. The first-order chi connectivity index (χ1) is 19.8. The minimum absolute atomic E-state index is 0. The van der Waals surface area contributed by atoms with Crippen molar-refractivity contribution >= 4 is 36.6 Å². The van der Waals surface area contributed by atoms with Gasteiger partial charge in [-0.3, -0.25) is 14.5 Å². The van der Waals surface area contributed by atoms with E-state index in [4.69, 9.17) is 9.84 Å². The normalized spacial score (nSPS) is 21.6. The van der Waals surface area contributed by atoms with Gasteiger partial charge < -0.3 is 20.1 Å². The maximum Gasteiger partial charge on any atom is 0.248 e.